The van der Waals surface area contributed by atoms with Gasteiger partial charge < -0.3 is 15.0 Å². The maximum atomic E-state index is 12.0. The van der Waals surface area contributed by atoms with Crippen LogP contribution in [0.1, 0.15) is 10.4 Å². The molecule has 2 rings (SSSR count). The van der Waals surface area contributed by atoms with Gasteiger partial charge in [-0.1, -0.05) is 12.1 Å². The second-order valence-electron chi connectivity index (χ2n) is 3.99. The summed E-state index contributed by atoms with van der Waals surface area (Å²) in [7, 11) is 1.62. The molecule has 1 amide bonds. The van der Waals surface area contributed by atoms with Gasteiger partial charge in [0.2, 0.25) is 0 Å². The molecule has 0 aliphatic carbocycles. The molecule has 0 spiro atoms. The predicted octanol–water partition coefficient (Wildman–Crippen LogP) is 2.35. The van der Waals surface area contributed by atoms with Gasteiger partial charge in [-0.3, -0.25) is 4.79 Å². The topological polar surface area (TPSA) is 54.1 Å². The molecule has 2 N–H and O–H groups in total. The van der Waals surface area contributed by atoms with E-state index in [2.05, 4.69) is 22.9 Å². The summed E-state index contributed by atoms with van der Waals surface area (Å²) in [5.74, 6) is 1.28. The predicted molar refractivity (Wildman–Crippen MR) is 79.0 cm³/mol. The van der Waals surface area contributed by atoms with Crippen LogP contribution >= 0.6 is 12.6 Å². The van der Waals surface area contributed by atoms with E-state index in [4.69, 9.17) is 4.74 Å². The molecule has 0 radical (unpaired) electrons. The second-order valence-corrected chi connectivity index (χ2v) is 4.44. The van der Waals surface area contributed by atoms with Crippen LogP contribution in [-0.2, 0) is 0 Å². The molecule has 100 valence electrons. The quantitative estimate of drug-likeness (QED) is 0.734. The smallest absolute Gasteiger partial charge is 0.253 e. The summed E-state index contributed by atoms with van der Waals surface area (Å²) in [6.07, 6.45) is 3.51. The SMILES string of the molecule is COc1cccc(-c2c[nH]cc2C(=O)NCCS)c1. The van der Waals surface area contributed by atoms with Crippen LogP contribution in [0.2, 0.25) is 0 Å². The van der Waals surface area contributed by atoms with E-state index in [-0.39, 0.29) is 5.91 Å². The summed E-state index contributed by atoms with van der Waals surface area (Å²) >= 11 is 4.08. The Hall–Kier alpha value is -1.88. The van der Waals surface area contributed by atoms with Crippen molar-refractivity contribution in [1.29, 1.82) is 0 Å². The number of hydrogen-bond acceptors (Lipinski definition) is 3. The number of rotatable bonds is 5. The van der Waals surface area contributed by atoms with E-state index in [1.807, 2.05) is 30.5 Å². The first kappa shape index (κ1) is 13.5. The minimum absolute atomic E-state index is 0.104. The van der Waals surface area contributed by atoms with Gasteiger partial charge in [0.1, 0.15) is 5.75 Å². The van der Waals surface area contributed by atoms with Crippen LogP contribution in [-0.4, -0.2) is 30.3 Å². The molecular formula is C14H16N2O2S. The number of amides is 1. The summed E-state index contributed by atoms with van der Waals surface area (Å²) in [5, 5.41) is 2.81. The summed E-state index contributed by atoms with van der Waals surface area (Å²) in [6.45, 7) is 0.546. The van der Waals surface area contributed by atoms with Crippen LogP contribution in [0.15, 0.2) is 36.7 Å². The molecule has 0 saturated heterocycles. The highest BCUT2D eigenvalue weighted by Crippen LogP contribution is 2.26. The molecule has 1 aromatic carbocycles. The van der Waals surface area contributed by atoms with Crippen molar-refractivity contribution in [3.05, 3.63) is 42.2 Å². The Bertz CT molecular complexity index is 566. The lowest BCUT2D eigenvalue weighted by molar-refractivity contribution is 0.0957. The number of carbonyl (C=O) groups excluding carboxylic acids is 1. The molecule has 5 heteroatoms. The molecule has 0 saturated carbocycles. The third-order valence-electron chi connectivity index (χ3n) is 2.77. The fourth-order valence-electron chi connectivity index (χ4n) is 1.85. The number of ether oxygens (including phenoxy) is 1. The van der Waals surface area contributed by atoms with Gasteiger partial charge in [0.05, 0.1) is 12.7 Å². The highest BCUT2D eigenvalue weighted by molar-refractivity contribution is 7.80. The lowest BCUT2D eigenvalue weighted by Crippen LogP contribution is -2.25. The molecule has 0 aliphatic heterocycles. The van der Waals surface area contributed by atoms with Crippen LogP contribution in [0.4, 0.5) is 0 Å². The number of carbonyl (C=O) groups is 1. The van der Waals surface area contributed by atoms with Crippen molar-refractivity contribution in [3.63, 3.8) is 0 Å². The van der Waals surface area contributed by atoms with Crippen molar-refractivity contribution < 1.29 is 9.53 Å². The van der Waals surface area contributed by atoms with E-state index in [9.17, 15) is 4.79 Å². The van der Waals surface area contributed by atoms with E-state index < -0.39 is 0 Å². The lowest BCUT2D eigenvalue weighted by atomic mass is 10.0. The minimum Gasteiger partial charge on any atom is -0.497 e. The molecule has 0 fully saturated rings. The molecular weight excluding hydrogens is 260 g/mol. The first-order chi connectivity index (χ1) is 9.26. The van der Waals surface area contributed by atoms with Gasteiger partial charge in [-0.2, -0.15) is 12.6 Å². The highest BCUT2D eigenvalue weighted by Gasteiger charge is 2.13. The normalized spacial score (nSPS) is 10.2. The molecule has 19 heavy (non-hydrogen) atoms. The number of benzene rings is 1. The number of aromatic amines is 1. The first-order valence-corrected chi connectivity index (χ1v) is 6.59. The monoisotopic (exact) mass is 276 g/mol. The van der Waals surface area contributed by atoms with Gasteiger partial charge in [-0.05, 0) is 17.7 Å². The minimum atomic E-state index is -0.104. The average molecular weight is 276 g/mol. The average Bonchev–Trinajstić information content (AvgIpc) is 2.94. The van der Waals surface area contributed by atoms with E-state index >= 15 is 0 Å². The molecule has 4 nitrogen and oxygen atoms in total. The summed E-state index contributed by atoms with van der Waals surface area (Å²) in [5.41, 5.74) is 2.42. The molecule has 1 aromatic heterocycles. The molecule has 0 unspecified atom stereocenters. The summed E-state index contributed by atoms with van der Waals surface area (Å²) in [4.78, 5) is 15.0. The maximum Gasteiger partial charge on any atom is 0.253 e. The van der Waals surface area contributed by atoms with Crippen molar-refractivity contribution in [2.24, 2.45) is 0 Å². The second kappa shape index (κ2) is 6.33. The fraction of sp³-hybridized carbons (Fsp3) is 0.214. The Morgan fingerprint density at radius 3 is 3.00 bits per heavy atom. The number of methoxy groups -OCH3 is 1. The number of nitrogens with one attached hydrogen (secondary N) is 2. The van der Waals surface area contributed by atoms with E-state index in [1.165, 1.54) is 0 Å². The number of H-pyrrole nitrogens is 1. The van der Waals surface area contributed by atoms with Crippen LogP contribution in [0, 0.1) is 0 Å². The number of aromatic nitrogens is 1. The van der Waals surface area contributed by atoms with Crippen LogP contribution in [0.25, 0.3) is 11.1 Å². The van der Waals surface area contributed by atoms with Crippen molar-refractivity contribution in [2.75, 3.05) is 19.4 Å². The summed E-state index contributed by atoms with van der Waals surface area (Å²) in [6, 6.07) is 7.62. The Labute approximate surface area is 117 Å². The van der Waals surface area contributed by atoms with Gasteiger partial charge in [0.25, 0.3) is 5.91 Å². The summed E-state index contributed by atoms with van der Waals surface area (Å²) < 4.78 is 5.20. The fourth-order valence-corrected chi connectivity index (χ4v) is 1.96. The third-order valence-corrected chi connectivity index (χ3v) is 2.99. The standard InChI is InChI=1S/C14H16N2O2S/c1-18-11-4-2-3-10(7-11)12-8-15-9-13(12)14(17)16-5-6-19/h2-4,7-9,15,19H,5-6H2,1H3,(H,16,17). The maximum absolute atomic E-state index is 12.0. The Balaban J connectivity index is 2.30. The zero-order chi connectivity index (χ0) is 13.7. The Morgan fingerprint density at radius 2 is 2.26 bits per heavy atom. The van der Waals surface area contributed by atoms with Crippen molar-refractivity contribution in [1.82, 2.24) is 10.3 Å². The zero-order valence-corrected chi connectivity index (χ0v) is 11.5. The molecule has 0 bridgehead atoms. The van der Waals surface area contributed by atoms with Gasteiger partial charge in [0, 0.05) is 30.3 Å². The molecule has 0 aliphatic rings. The molecule has 2 aromatic rings. The zero-order valence-electron chi connectivity index (χ0n) is 10.6. The molecule has 0 atom stereocenters. The van der Waals surface area contributed by atoms with E-state index in [0.717, 1.165) is 16.9 Å². The van der Waals surface area contributed by atoms with Gasteiger partial charge in [-0.15, -0.1) is 0 Å². The van der Waals surface area contributed by atoms with Crippen molar-refractivity contribution >= 4 is 18.5 Å². The highest BCUT2D eigenvalue weighted by atomic mass is 32.1. The largest absolute Gasteiger partial charge is 0.497 e. The first-order valence-electron chi connectivity index (χ1n) is 5.96. The van der Waals surface area contributed by atoms with Crippen LogP contribution in [0.3, 0.4) is 0 Å². The van der Waals surface area contributed by atoms with Gasteiger partial charge in [-0.25, -0.2) is 0 Å². The van der Waals surface area contributed by atoms with E-state index in [0.29, 0.717) is 17.9 Å². The Kier molecular flexibility index (Phi) is 4.52. The van der Waals surface area contributed by atoms with Crippen LogP contribution in [0.5, 0.6) is 5.75 Å². The lowest BCUT2D eigenvalue weighted by Gasteiger charge is -2.06. The van der Waals surface area contributed by atoms with E-state index in [1.54, 1.807) is 13.3 Å². The van der Waals surface area contributed by atoms with Crippen molar-refractivity contribution in [2.45, 2.75) is 0 Å². The number of thiol groups is 1. The van der Waals surface area contributed by atoms with Crippen molar-refractivity contribution in [3.8, 4) is 16.9 Å². The van der Waals surface area contributed by atoms with Gasteiger partial charge in [0.15, 0.2) is 0 Å². The molecule has 1 heterocycles. The van der Waals surface area contributed by atoms with Gasteiger partial charge >= 0.3 is 0 Å². The third kappa shape index (κ3) is 3.12. The number of hydrogen-bond donors (Lipinski definition) is 3. The van der Waals surface area contributed by atoms with Crippen LogP contribution < -0.4 is 10.1 Å². The Morgan fingerprint density at radius 1 is 1.42 bits per heavy atom.